The van der Waals surface area contributed by atoms with E-state index in [1.807, 2.05) is 0 Å². The molecule has 0 atom stereocenters. The zero-order chi connectivity index (χ0) is 11.2. The van der Waals surface area contributed by atoms with E-state index in [2.05, 4.69) is 4.74 Å². The number of carbonyl (C=O) groups excluding carboxylic acids is 1. The van der Waals surface area contributed by atoms with Crippen molar-refractivity contribution in [2.75, 3.05) is 13.2 Å². The second-order valence-corrected chi connectivity index (χ2v) is 3.87. The largest absolute Gasteiger partial charge is 0.461 e. The molecular formula is C6H9ClO6S. The molecular weight excluding hydrogens is 236 g/mol. The fourth-order valence-electron chi connectivity index (χ4n) is 0.477. The van der Waals surface area contributed by atoms with Gasteiger partial charge in [-0.3, -0.25) is 4.55 Å². The summed E-state index contributed by atoms with van der Waals surface area (Å²) in [6.45, 7) is -0.238. The molecule has 0 fully saturated rings. The summed E-state index contributed by atoms with van der Waals surface area (Å²) in [5.74, 6) is -1.07. The number of esters is 1. The minimum absolute atomic E-state index is 0.0785. The molecule has 0 bridgehead atoms. The first-order valence-electron chi connectivity index (χ1n) is 3.49. The van der Waals surface area contributed by atoms with E-state index in [4.69, 9.17) is 21.3 Å². The molecule has 0 unspecified atom stereocenters. The van der Waals surface area contributed by atoms with Crippen LogP contribution in [0.4, 0.5) is 0 Å². The van der Waals surface area contributed by atoms with Gasteiger partial charge in [0.25, 0.3) is 10.1 Å². The normalized spacial score (nSPS) is 12.6. The van der Waals surface area contributed by atoms with E-state index >= 15 is 0 Å². The van der Waals surface area contributed by atoms with Crippen molar-refractivity contribution in [3.05, 3.63) is 10.4 Å². The van der Waals surface area contributed by atoms with E-state index in [0.717, 1.165) is 0 Å². The Hall–Kier alpha value is -0.630. The van der Waals surface area contributed by atoms with Gasteiger partial charge in [0.1, 0.15) is 5.03 Å². The van der Waals surface area contributed by atoms with Crippen LogP contribution >= 0.6 is 11.6 Å². The highest BCUT2D eigenvalue weighted by atomic mass is 35.5. The SMILES string of the molecule is O=C(OCCCO)C(Cl)=CS(=O)(=O)O. The standard InChI is InChI=1S/C6H9ClO6S/c7-5(4-14(10,11)12)6(9)13-3-1-2-8/h4,8H,1-3H2,(H,10,11,12). The predicted octanol–water partition coefficient (Wildman–Crippen LogP) is -0.120. The molecule has 0 rings (SSSR count). The molecule has 82 valence electrons. The summed E-state index contributed by atoms with van der Waals surface area (Å²) in [7, 11) is -4.44. The highest BCUT2D eigenvalue weighted by Gasteiger charge is 2.11. The smallest absolute Gasteiger partial charge is 0.350 e. The third kappa shape index (κ3) is 6.84. The third-order valence-corrected chi connectivity index (χ3v) is 1.91. The first-order chi connectivity index (χ1) is 6.37. The molecule has 0 radical (unpaired) electrons. The Labute approximate surface area is 85.9 Å². The maximum absolute atomic E-state index is 10.8. The Morgan fingerprint density at radius 1 is 1.50 bits per heavy atom. The van der Waals surface area contributed by atoms with Crippen LogP contribution in [0.1, 0.15) is 6.42 Å². The average Bonchev–Trinajstić information content (AvgIpc) is 2.01. The van der Waals surface area contributed by atoms with Gasteiger partial charge in [-0.05, 0) is 0 Å². The second kappa shape index (κ2) is 5.97. The van der Waals surface area contributed by atoms with Crippen LogP contribution in [0.5, 0.6) is 0 Å². The van der Waals surface area contributed by atoms with Crippen molar-refractivity contribution >= 4 is 27.7 Å². The molecule has 0 amide bonds. The quantitative estimate of drug-likeness (QED) is 0.303. The Morgan fingerprint density at radius 2 is 2.07 bits per heavy atom. The predicted molar refractivity (Wildman–Crippen MR) is 48.1 cm³/mol. The first-order valence-corrected chi connectivity index (χ1v) is 5.37. The fourth-order valence-corrected chi connectivity index (χ4v) is 1.23. The number of halogens is 1. The summed E-state index contributed by atoms with van der Waals surface area (Å²) >= 11 is 5.18. The van der Waals surface area contributed by atoms with Gasteiger partial charge in [0.2, 0.25) is 0 Å². The van der Waals surface area contributed by atoms with E-state index in [1.54, 1.807) is 0 Å². The number of hydrogen-bond donors (Lipinski definition) is 2. The first kappa shape index (κ1) is 13.4. The van der Waals surface area contributed by atoms with Crippen LogP contribution in [0.3, 0.4) is 0 Å². The van der Waals surface area contributed by atoms with Gasteiger partial charge in [-0.25, -0.2) is 4.79 Å². The summed E-state index contributed by atoms with van der Waals surface area (Å²) in [4.78, 5) is 10.8. The molecule has 0 heterocycles. The Balaban J connectivity index is 4.20. The molecule has 0 aliphatic rings. The molecule has 0 saturated heterocycles. The molecule has 0 saturated carbocycles. The molecule has 0 aromatic heterocycles. The zero-order valence-corrected chi connectivity index (χ0v) is 8.58. The van der Waals surface area contributed by atoms with E-state index in [-0.39, 0.29) is 25.0 Å². The lowest BCUT2D eigenvalue weighted by Gasteiger charge is -2.01. The Kier molecular flexibility index (Phi) is 5.70. The molecule has 0 spiro atoms. The molecule has 8 heteroatoms. The summed E-state index contributed by atoms with van der Waals surface area (Å²) in [6.07, 6.45) is 0.224. The molecule has 0 aromatic carbocycles. The van der Waals surface area contributed by atoms with Crippen molar-refractivity contribution in [2.24, 2.45) is 0 Å². The minimum Gasteiger partial charge on any atom is -0.461 e. The average molecular weight is 245 g/mol. The Bertz CT molecular complexity index is 319. The van der Waals surface area contributed by atoms with Gasteiger partial charge in [-0.2, -0.15) is 8.42 Å². The van der Waals surface area contributed by atoms with Crippen molar-refractivity contribution in [1.29, 1.82) is 0 Å². The number of rotatable bonds is 5. The molecule has 0 aliphatic carbocycles. The van der Waals surface area contributed by atoms with E-state index in [0.29, 0.717) is 0 Å². The number of hydrogen-bond acceptors (Lipinski definition) is 5. The maximum Gasteiger partial charge on any atom is 0.350 e. The van der Waals surface area contributed by atoms with E-state index in [9.17, 15) is 13.2 Å². The van der Waals surface area contributed by atoms with Crippen LogP contribution in [-0.2, 0) is 19.6 Å². The van der Waals surface area contributed by atoms with Crippen LogP contribution < -0.4 is 0 Å². The summed E-state index contributed by atoms with van der Waals surface area (Å²) < 4.78 is 33.1. The third-order valence-electron chi connectivity index (χ3n) is 0.983. The van der Waals surface area contributed by atoms with Crippen molar-refractivity contribution in [3.63, 3.8) is 0 Å². The van der Waals surface area contributed by atoms with E-state index < -0.39 is 21.1 Å². The molecule has 0 aliphatic heterocycles. The monoisotopic (exact) mass is 244 g/mol. The van der Waals surface area contributed by atoms with E-state index in [1.165, 1.54) is 0 Å². The van der Waals surface area contributed by atoms with Gasteiger partial charge in [-0.1, -0.05) is 11.6 Å². The molecule has 14 heavy (non-hydrogen) atoms. The molecule has 0 aromatic rings. The van der Waals surface area contributed by atoms with Gasteiger partial charge in [0, 0.05) is 13.0 Å². The molecule has 2 N–H and O–H groups in total. The van der Waals surface area contributed by atoms with Crippen LogP contribution in [0.15, 0.2) is 10.4 Å². The summed E-state index contributed by atoms with van der Waals surface area (Å²) in [5, 5.41) is 7.76. The van der Waals surface area contributed by atoms with Gasteiger partial charge < -0.3 is 9.84 Å². The van der Waals surface area contributed by atoms with Gasteiger partial charge in [-0.15, -0.1) is 0 Å². The summed E-state index contributed by atoms with van der Waals surface area (Å²) in [5.41, 5.74) is 0. The van der Waals surface area contributed by atoms with Crippen molar-refractivity contribution in [2.45, 2.75) is 6.42 Å². The topological polar surface area (TPSA) is 101 Å². The lowest BCUT2D eigenvalue weighted by molar-refractivity contribution is -0.138. The second-order valence-electron chi connectivity index (χ2n) is 2.19. The van der Waals surface area contributed by atoms with Crippen LogP contribution in [0, 0.1) is 0 Å². The Morgan fingerprint density at radius 3 is 2.50 bits per heavy atom. The molecule has 6 nitrogen and oxygen atoms in total. The van der Waals surface area contributed by atoms with Crippen LogP contribution in [-0.4, -0.2) is 37.3 Å². The summed E-state index contributed by atoms with van der Waals surface area (Å²) in [6, 6.07) is 0. The van der Waals surface area contributed by atoms with Crippen LogP contribution in [0.2, 0.25) is 0 Å². The maximum atomic E-state index is 10.8. The lowest BCUT2D eigenvalue weighted by atomic mass is 10.5. The van der Waals surface area contributed by atoms with Gasteiger partial charge in [0.15, 0.2) is 0 Å². The zero-order valence-electron chi connectivity index (χ0n) is 7.01. The number of aliphatic hydroxyl groups is 1. The van der Waals surface area contributed by atoms with Gasteiger partial charge in [0.05, 0.1) is 12.0 Å². The number of ether oxygens (including phenoxy) is 1. The highest BCUT2D eigenvalue weighted by Crippen LogP contribution is 2.06. The number of carbonyl (C=O) groups is 1. The minimum atomic E-state index is -4.44. The van der Waals surface area contributed by atoms with Crippen molar-refractivity contribution < 1.29 is 27.6 Å². The fraction of sp³-hybridized carbons (Fsp3) is 0.500. The van der Waals surface area contributed by atoms with Gasteiger partial charge >= 0.3 is 5.97 Å². The highest BCUT2D eigenvalue weighted by molar-refractivity contribution is 7.88. The lowest BCUT2D eigenvalue weighted by Crippen LogP contribution is -2.08. The van der Waals surface area contributed by atoms with Crippen molar-refractivity contribution in [3.8, 4) is 0 Å². The van der Waals surface area contributed by atoms with Crippen molar-refractivity contribution in [1.82, 2.24) is 0 Å². The number of aliphatic hydroxyl groups excluding tert-OH is 1. The van der Waals surface area contributed by atoms with Crippen LogP contribution in [0.25, 0.3) is 0 Å².